The van der Waals surface area contributed by atoms with Crippen molar-refractivity contribution in [2.75, 3.05) is 31.6 Å². The highest BCUT2D eigenvalue weighted by Gasteiger charge is 2.23. The fourth-order valence-corrected chi connectivity index (χ4v) is 2.23. The number of likely N-dealkylation sites (tertiary alicyclic amines) is 1. The molecule has 3 N–H and O–H groups in total. The first-order valence-electron chi connectivity index (χ1n) is 6.82. The maximum absolute atomic E-state index is 13.0. The lowest BCUT2D eigenvalue weighted by Gasteiger charge is -2.31. The smallest absolute Gasteiger partial charge is 0.321 e. The third-order valence-corrected chi connectivity index (χ3v) is 3.28. The van der Waals surface area contributed by atoms with Gasteiger partial charge in [-0.2, -0.15) is 0 Å². The number of halogens is 1. The maximum atomic E-state index is 13.0. The van der Waals surface area contributed by atoms with Crippen LogP contribution in [0.4, 0.5) is 14.9 Å². The van der Waals surface area contributed by atoms with Crippen LogP contribution in [0.3, 0.4) is 0 Å². The molecule has 1 heterocycles. The first kappa shape index (κ1) is 14.7. The summed E-state index contributed by atoms with van der Waals surface area (Å²) in [5.41, 5.74) is 5.86. The van der Waals surface area contributed by atoms with E-state index in [0.717, 1.165) is 12.8 Å². The number of nitrogens with two attached hydrogens (primary N) is 1. The second-order valence-corrected chi connectivity index (χ2v) is 4.79. The molecule has 0 aromatic heterocycles. The summed E-state index contributed by atoms with van der Waals surface area (Å²) in [4.78, 5) is 13.7. The molecule has 0 unspecified atom stereocenters. The van der Waals surface area contributed by atoms with Crippen molar-refractivity contribution in [2.24, 2.45) is 5.73 Å². The highest BCUT2D eigenvalue weighted by Crippen LogP contribution is 2.16. The van der Waals surface area contributed by atoms with Crippen LogP contribution in [0, 0.1) is 5.82 Å². The number of anilines is 1. The molecule has 2 amide bonds. The van der Waals surface area contributed by atoms with Crippen molar-refractivity contribution in [3.8, 4) is 0 Å². The number of nitrogens with zero attached hydrogens (tertiary/aromatic N) is 1. The van der Waals surface area contributed by atoms with Crippen LogP contribution in [0.2, 0.25) is 0 Å². The lowest BCUT2D eigenvalue weighted by molar-refractivity contribution is 0.0201. The van der Waals surface area contributed by atoms with E-state index in [1.807, 2.05) is 0 Å². The minimum atomic E-state index is -0.364. The first-order chi connectivity index (χ1) is 9.69. The van der Waals surface area contributed by atoms with Gasteiger partial charge in [0.05, 0.1) is 12.7 Å². The van der Waals surface area contributed by atoms with Crippen molar-refractivity contribution in [1.82, 2.24) is 4.90 Å². The number of piperidine rings is 1. The molecule has 1 aromatic rings. The highest BCUT2D eigenvalue weighted by atomic mass is 19.1. The van der Waals surface area contributed by atoms with Gasteiger partial charge in [0.15, 0.2) is 0 Å². The van der Waals surface area contributed by atoms with Crippen molar-refractivity contribution >= 4 is 11.7 Å². The fraction of sp³-hybridized carbons (Fsp3) is 0.500. The molecular formula is C14H20FN3O2. The van der Waals surface area contributed by atoms with E-state index in [4.69, 9.17) is 10.5 Å². The van der Waals surface area contributed by atoms with Gasteiger partial charge in [-0.3, -0.25) is 0 Å². The van der Waals surface area contributed by atoms with Crippen LogP contribution >= 0.6 is 0 Å². The molecule has 2 rings (SSSR count). The van der Waals surface area contributed by atoms with E-state index in [9.17, 15) is 9.18 Å². The third kappa shape index (κ3) is 4.18. The van der Waals surface area contributed by atoms with Gasteiger partial charge >= 0.3 is 6.03 Å². The summed E-state index contributed by atoms with van der Waals surface area (Å²) in [5.74, 6) is -0.364. The molecular weight excluding hydrogens is 261 g/mol. The number of hydrogen-bond acceptors (Lipinski definition) is 3. The van der Waals surface area contributed by atoms with Gasteiger partial charge < -0.3 is 20.7 Å². The van der Waals surface area contributed by atoms with E-state index < -0.39 is 0 Å². The summed E-state index contributed by atoms with van der Waals surface area (Å²) < 4.78 is 18.6. The molecule has 1 aliphatic heterocycles. The number of carbonyl (C=O) groups excluding carboxylic acids is 1. The fourth-order valence-electron chi connectivity index (χ4n) is 2.23. The van der Waals surface area contributed by atoms with Gasteiger partial charge in [-0.15, -0.1) is 0 Å². The van der Waals surface area contributed by atoms with Crippen LogP contribution in [0.5, 0.6) is 0 Å². The summed E-state index contributed by atoms with van der Waals surface area (Å²) in [7, 11) is 0. The first-order valence-corrected chi connectivity index (χ1v) is 6.82. The minimum Gasteiger partial charge on any atom is -0.377 e. The molecule has 5 nitrogen and oxygen atoms in total. The van der Waals surface area contributed by atoms with E-state index >= 15 is 0 Å². The number of hydrogen-bond donors (Lipinski definition) is 2. The molecule has 0 aliphatic carbocycles. The Morgan fingerprint density at radius 2 is 2.20 bits per heavy atom. The van der Waals surface area contributed by atoms with Crippen LogP contribution < -0.4 is 11.1 Å². The largest absolute Gasteiger partial charge is 0.377 e. The Hall–Kier alpha value is -1.66. The molecule has 0 radical (unpaired) electrons. The van der Waals surface area contributed by atoms with Gasteiger partial charge in [0.2, 0.25) is 0 Å². The monoisotopic (exact) mass is 281 g/mol. The van der Waals surface area contributed by atoms with Gasteiger partial charge in [0.25, 0.3) is 0 Å². The number of amides is 2. The lowest BCUT2D eigenvalue weighted by atomic mass is 10.1. The Morgan fingerprint density at radius 3 is 2.85 bits per heavy atom. The molecule has 1 fully saturated rings. The molecule has 0 saturated carbocycles. The highest BCUT2D eigenvalue weighted by molar-refractivity contribution is 5.89. The summed E-state index contributed by atoms with van der Waals surface area (Å²) >= 11 is 0. The van der Waals surface area contributed by atoms with Crippen LogP contribution in [-0.2, 0) is 4.74 Å². The third-order valence-electron chi connectivity index (χ3n) is 3.28. The van der Waals surface area contributed by atoms with E-state index in [0.29, 0.717) is 31.9 Å². The predicted octanol–water partition coefficient (Wildman–Crippen LogP) is 1.80. The van der Waals surface area contributed by atoms with Gasteiger partial charge in [0.1, 0.15) is 5.82 Å². The Morgan fingerprint density at radius 1 is 1.45 bits per heavy atom. The molecule has 6 heteroatoms. The Labute approximate surface area is 117 Å². The minimum absolute atomic E-state index is 0.178. The molecule has 1 saturated heterocycles. The van der Waals surface area contributed by atoms with Crippen LogP contribution in [0.15, 0.2) is 24.3 Å². The number of ether oxygens (including phenoxy) is 1. The zero-order valence-corrected chi connectivity index (χ0v) is 11.3. The van der Waals surface area contributed by atoms with Crippen molar-refractivity contribution in [1.29, 1.82) is 0 Å². The topological polar surface area (TPSA) is 67.6 Å². The maximum Gasteiger partial charge on any atom is 0.321 e. The molecule has 0 atom stereocenters. The normalized spacial score (nSPS) is 16.2. The summed E-state index contributed by atoms with van der Waals surface area (Å²) in [5, 5.41) is 2.70. The Kier molecular flexibility index (Phi) is 5.31. The van der Waals surface area contributed by atoms with Crippen LogP contribution in [0.25, 0.3) is 0 Å². The second-order valence-electron chi connectivity index (χ2n) is 4.79. The number of benzene rings is 1. The lowest BCUT2D eigenvalue weighted by Crippen LogP contribution is -2.43. The van der Waals surface area contributed by atoms with E-state index in [1.165, 1.54) is 12.1 Å². The quantitative estimate of drug-likeness (QED) is 0.884. The summed E-state index contributed by atoms with van der Waals surface area (Å²) in [6.45, 7) is 2.34. The molecule has 0 bridgehead atoms. The predicted molar refractivity (Wildman–Crippen MR) is 75.0 cm³/mol. The van der Waals surface area contributed by atoms with Crippen molar-refractivity contribution in [3.05, 3.63) is 30.1 Å². The van der Waals surface area contributed by atoms with Gasteiger partial charge in [0, 0.05) is 25.3 Å². The van der Waals surface area contributed by atoms with Gasteiger partial charge in [-0.05, 0) is 31.0 Å². The van der Waals surface area contributed by atoms with E-state index in [1.54, 1.807) is 17.0 Å². The Bertz CT molecular complexity index is 448. The standard InChI is InChI=1S/C14H20FN3O2/c15-11-2-1-3-12(10-11)17-14(19)18-7-4-13(5-8-18)20-9-6-16/h1-3,10,13H,4-9,16H2,(H,17,19). The Balaban J connectivity index is 1.80. The van der Waals surface area contributed by atoms with E-state index in [-0.39, 0.29) is 18.0 Å². The van der Waals surface area contributed by atoms with Gasteiger partial charge in [-0.1, -0.05) is 6.07 Å². The van der Waals surface area contributed by atoms with Crippen LogP contribution in [-0.4, -0.2) is 43.3 Å². The molecule has 20 heavy (non-hydrogen) atoms. The van der Waals surface area contributed by atoms with Crippen molar-refractivity contribution < 1.29 is 13.9 Å². The van der Waals surface area contributed by atoms with E-state index in [2.05, 4.69) is 5.32 Å². The van der Waals surface area contributed by atoms with Gasteiger partial charge in [-0.25, -0.2) is 9.18 Å². The number of carbonyl (C=O) groups is 1. The van der Waals surface area contributed by atoms with Crippen molar-refractivity contribution in [3.63, 3.8) is 0 Å². The molecule has 1 aromatic carbocycles. The number of nitrogens with one attached hydrogen (secondary N) is 1. The zero-order chi connectivity index (χ0) is 14.4. The van der Waals surface area contributed by atoms with Crippen molar-refractivity contribution in [2.45, 2.75) is 18.9 Å². The molecule has 110 valence electrons. The number of urea groups is 1. The zero-order valence-electron chi connectivity index (χ0n) is 11.3. The summed E-state index contributed by atoms with van der Waals surface area (Å²) in [6.07, 6.45) is 1.78. The average molecular weight is 281 g/mol. The SMILES string of the molecule is NCCOC1CCN(C(=O)Nc2cccc(F)c2)CC1. The summed E-state index contributed by atoms with van der Waals surface area (Å²) in [6, 6.07) is 5.67. The average Bonchev–Trinajstić information content (AvgIpc) is 2.45. The number of rotatable bonds is 4. The molecule has 0 spiro atoms. The van der Waals surface area contributed by atoms with Crippen LogP contribution in [0.1, 0.15) is 12.8 Å². The molecule has 1 aliphatic rings. The second kappa shape index (κ2) is 7.21.